The quantitative estimate of drug-likeness (QED) is 0.617. The highest BCUT2D eigenvalue weighted by molar-refractivity contribution is 6.00. The number of aldehydes is 1. The summed E-state index contributed by atoms with van der Waals surface area (Å²) in [6.07, 6.45) is 1.54. The van der Waals surface area contributed by atoms with Crippen LogP contribution in [0.5, 0.6) is 0 Å². The Morgan fingerprint density at radius 2 is 1.96 bits per heavy atom. The normalized spacial score (nSPS) is 15.0. The van der Waals surface area contributed by atoms with Gasteiger partial charge in [0.1, 0.15) is 5.76 Å². The van der Waals surface area contributed by atoms with Crippen molar-refractivity contribution < 1.29 is 18.7 Å². The summed E-state index contributed by atoms with van der Waals surface area (Å²) in [6.45, 7) is 5.04. The zero-order chi connectivity index (χ0) is 17.5. The van der Waals surface area contributed by atoms with Crippen molar-refractivity contribution in [2.24, 2.45) is 0 Å². The number of amides is 1. The lowest BCUT2D eigenvalue weighted by Gasteiger charge is -2.26. The van der Waals surface area contributed by atoms with E-state index in [1.54, 1.807) is 18.2 Å². The highest BCUT2D eigenvalue weighted by atomic mass is 16.5. The van der Waals surface area contributed by atoms with Crippen molar-refractivity contribution >= 4 is 12.2 Å². The molecule has 2 aromatic rings. The van der Waals surface area contributed by atoms with Gasteiger partial charge in [0, 0.05) is 25.2 Å². The molecular formula is C19H22N2O4. The standard InChI is InChI=1S/C19H22N2O4/c22-14-15-6-7-18(25-15)16-4-1-2-5-17(16)19(23)20-8-3-9-21-10-12-24-13-11-21/h1-2,4-7,14H,3,8-13H2,(H,20,23). The van der Waals surface area contributed by atoms with Crippen molar-refractivity contribution in [2.45, 2.75) is 6.42 Å². The van der Waals surface area contributed by atoms with Crippen molar-refractivity contribution in [3.8, 4) is 11.3 Å². The summed E-state index contributed by atoms with van der Waals surface area (Å²) in [6, 6.07) is 10.5. The minimum atomic E-state index is -0.137. The van der Waals surface area contributed by atoms with Crippen LogP contribution in [-0.2, 0) is 4.74 Å². The highest BCUT2D eigenvalue weighted by Crippen LogP contribution is 2.25. The largest absolute Gasteiger partial charge is 0.453 e. The summed E-state index contributed by atoms with van der Waals surface area (Å²) in [4.78, 5) is 25.6. The Morgan fingerprint density at radius 1 is 1.16 bits per heavy atom. The molecule has 0 radical (unpaired) electrons. The first-order valence-corrected chi connectivity index (χ1v) is 8.50. The van der Waals surface area contributed by atoms with Crippen LogP contribution in [0.1, 0.15) is 27.3 Å². The first-order valence-electron chi connectivity index (χ1n) is 8.50. The van der Waals surface area contributed by atoms with Crippen LogP contribution in [0.2, 0.25) is 0 Å². The van der Waals surface area contributed by atoms with E-state index in [1.807, 2.05) is 18.2 Å². The predicted octanol–water partition coefficient (Wildman–Crippen LogP) is 2.21. The van der Waals surface area contributed by atoms with Gasteiger partial charge in [0.2, 0.25) is 0 Å². The molecular weight excluding hydrogens is 320 g/mol. The van der Waals surface area contributed by atoms with Gasteiger partial charge in [-0.25, -0.2) is 0 Å². The monoisotopic (exact) mass is 342 g/mol. The molecule has 132 valence electrons. The van der Waals surface area contributed by atoms with Crippen molar-refractivity contribution in [3.05, 3.63) is 47.7 Å². The Kier molecular flexibility index (Phi) is 5.98. The van der Waals surface area contributed by atoms with Crippen LogP contribution in [-0.4, -0.2) is 56.5 Å². The van der Waals surface area contributed by atoms with Gasteiger partial charge in [0.25, 0.3) is 5.91 Å². The van der Waals surface area contributed by atoms with Gasteiger partial charge in [0.05, 0.1) is 18.8 Å². The highest BCUT2D eigenvalue weighted by Gasteiger charge is 2.15. The number of nitrogens with zero attached hydrogens (tertiary/aromatic N) is 1. The molecule has 25 heavy (non-hydrogen) atoms. The molecule has 3 rings (SSSR count). The zero-order valence-corrected chi connectivity index (χ0v) is 14.1. The summed E-state index contributed by atoms with van der Waals surface area (Å²) in [7, 11) is 0. The molecule has 1 aromatic carbocycles. The van der Waals surface area contributed by atoms with Crippen LogP contribution in [0.4, 0.5) is 0 Å². The number of carbonyl (C=O) groups excluding carboxylic acids is 2. The van der Waals surface area contributed by atoms with Crippen molar-refractivity contribution in [2.75, 3.05) is 39.4 Å². The van der Waals surface area contributed by atoms with E-state index < -0.39 is 0 Å². The first kappa shape index (κ1) is 17.4. The van der Waals surface area contributed by atoms with E-state index in [-0.39, 0.29) is 11.7 Å². The Hall–Kier alpha value is -2.44. The van der Waals surface area contributed by atoms with Crippen LogP contribution < -0.4 is 5.32 Å². The molecule has 0 spiro atoms. The van der Waals surface area contributed by atoms with Crippen LogP contribution in [0.25, 0.3) is 11.3 Å². The van der Waals surface area contributed by atoms with Crippen LogP contribution in [0, 0.1) is 0 Å². The molecule has 6 nitrogen and oxygen atoms in total. The van der Waals surface area contributed by atoms with Crippen molar-refractivity contribution in [1.82, 2.24) is 10.2 Å². The molecule has 2 heterocycles. The molecule has 1 aliphatic rings. The van der Waals surface area contributed by atoms with Gasteiger partial charge in [-0.2, -0.15) is 0 Å². The molecule has 0 bridgehead atoms. The Balaban J connectivity index is 1.57. The van der Waals surface area contributed by atoms with Gasteiger partial charge < -0.3 is 14.5 Å². The molecule has 1 N–H and O–H groups in total. The lowest BCUT2D eigenvalue weighted by Crippen LogP contribution is -2.38. The Morgan fingerprint density at radius 3 is 2.72 bits per heavy atom. The average Bonchev–Trinajstić information content (AvgIpc) is 3.15. The smallest absolute Gasteiger partial charge is 0.252 e. The van der Waals surface area contributed by atoms with E-state index in [4.69, 9.17) is 9.15 Å². The second-order valence-corrected chi connectivity index (χ2v) is 5.93. The number of ether oxygens (including phenoxy) is 1. The number of carbonyl (C=O) groups is 2. The number of morpholine rings is 1. The molecule has 1 fully saturated rings. The summed E-state index contributed by atoms with van der Waals surface area (Å²) in [5.74, 6) is 0.624. The summed E-state index contributed by atoms with van der Waals surface area (Å²) < 4.78 is 10.8. The molecule has 1 aliphatic heterocycles. The van der Waals surface area contributed by atoms with Gasteiger partial charge >= 0.3 is 0 Å². The summed E-state index contributed by atoms with van der Waals surface area (Å²) in [5.41, 5.74) is 1.22. The third-order valence-electron chi connectivity index (χ3n) is 4.22. The SMILES string of the molecule is O=Cc1ccc(-c2ccccc2C(=O)NCCCN2CCOCC2)o1. The van der Waals surface area contributed by atoms with Gasteiger partial charge in [-0.1, -0.05) is 18.2 Å². The number of rotatable bonds is 7. The lowest BCUT2D eigenvalue weighted by molar-refractivity contribution is 0.0374. The van der Waals surface area contributed by atoms with Crippen molar-refractivity contribution in [3.63, 3.8) is 0 Å². The molecule has 1 aromatic heterocycles. The van der Waals surface area contributed by atoms with E-state index in [0.717, 1.165) is 39.3 Å². The zero-order valence-electron chi connectivity index (χ0n) is 14.1. The molecule has 1 saturated heterocycles. The van der Waals surface area contributed by atoms with Gasteiger partial charge in [0.15, 0.2) is 12.0 Å². The maximum Gasteiger partial charge on any atom is 0.252 e. The minimum absolute atomic E-state index is 0.137. The van der Waals surface area contributed by atoms with Crippen LogP contribution in [0.15, 0.2) is 40.8 Å². The maximum atomic E-state index is 12.5. The molecule has 0 saturated carbocycles. The number of hydrogen-bond acceptors (Lipinski definition) is 5. The predicted molar refractivity (Wildman–Crippen MR) is 93.7 cm³/mol. The molecule has 6 heteroatoms. The fourth-order valence-electron chi connectivity index (χ4n) is 2.88. The van der Waals surface area contributed by atoms with E-state index >= 15 is 0 Å². The average molecular weight is 342 g/mol. The fourth-order valence-corrected chi connectivity index (χ4v) is 2.88. The molecule has 0 atom stereocenters. The molecule has 0 unspecified atom stereocenters. The Labute approximate surface area is 146 Å². The van der Waals surface area contributed by atoms with Crippen LogP contribution >= 0.6 is 0 Å². The van der Waals surface area contributed by atoms with Gasteiger partial charge in [-0.15, -0.1) is 0 Å². The number of benzene rings is 1. The van der Waals surface area contributed by atoms with E-state index in [2.05, 4.69) is 10.2 Å². The summed E-state index contributed by atoms with van der Waals surface area (Å²) >= 11 is 0. The topological polar surface area (TPSA) is 71.8 Å². The van der Waals surface area contributed by atoms with Gasteiger partial charge in [-0.3, -0.25) is 14.5 Å². The number of furan rings is 1. The van der Waals surface area contributed by atoms with E-state index in [0.29, 0.717) is 29.7 Å². The van der Waals surface area contributed by atoms with E-state index in [9.17, 15) is 9.59 Å². The van der Waals surface area contributed by atoms with Crippen LogP contribution in [0.3, 0.4) is 0 Å². The third-order valence-corrected chi connectivity index (χ3v) is 4.22. The summed E-state index contributed by atoms with van der Waals surface area (Å²) in [5, 5.41) is 2.96. The first-order chi connectivity index (χ1) is 12.3. The Bertz CT molecular complexity index is 720. The molecule has 1 amide bonds. The maximum absolute atomic E-state index is 12.5. The van der Waals surface area contributed by atoms with E-state index in [1.165, 1.54) is 0 Å². The fraction of sp³-hybridized carbons (Fsp3) is 0.368. The molecule has 0 aliphatic carbocycles. The third kappa shape index (κ3) is 4.55. The van der Waals surface area contributed by atoms with Gasteiger partial charge in [-0.05, 0) is 31.2 Å². The minimum Gasteiger partial charge on any atom is -0.453 e. The second kappa shape index (κ2) is 8.60. The lowest BCUT2D eigenvalue weighted by atomic mass is 10.0. The second-order valence-electron chi connectivity index (χ2n) is 5.93. The van der Waals surface area contributed by atoms with Crippen molar-refractivity contribution in [1.29, 1.82) is 0 Å². The number of nitrogens with one attached hydrogen (secondary N) is 1. The number of hydrogen-bond donors (Lipinski definition) is 1.